The van der Waals surface area contributed by atoms with E-state index in [-0.39, 0.29) is 17.1 Å². The molecule has 0 radical (unpaired) electrons. The molecule has 0 saturated carbocycles. The predicted octanol–water partition coefficient (Wildman–Crippen LogP) is 4.57. The molecule has 3 rings (SSSR count). The summed E-state index contributed by atoms with van der Waals surface area (Å²) in [7, 11) is -3.37. The summed E-state index contributed by atoms with van der Waals surface area (Å²) >= 11 is 0. The van der Waals surface area contributed by atoms with E-state index in [9.17, 15) is 8.42 Å². The predicted molar refractivity (Wildman–Crippen MR) is 90.2 cm³/mol. The van der Waals surface area contributed by atoms with Crippen molar-refractivity contribution in [2.75, 3.05) is 0 Å². The first kappa shape index (κ1) is 19.4. The average molecular weight is 368 g/mol. The van der Waals surface area contributed by atoms with Crippen LogP contribution in [0.2, 0.25) is 0 Å². The van der Waals surface area contributed by atoms with Crippen molar-refractivity contribution >= 4 is 9.84 Å². The van der Waals surface area contributed by atoms with E-state index in [1.54, 1.807) is 24.3 Å². The zero-order valence-corrected chi connectivity index (χ0v) is 15.3. The first-order chi connectivity index (χ1) is 10.4. The molecule has 3 aromatic rings. The van der Waals surface area contributed by atoms with Crippen LogP contribution in [0.3, 0.4) is 0 Å². The van der Waals surface area contributed by atoms with E-state index in [0.717, 1.165) is 16.7 Å². The molecule has 0 N–H and O–H groups in total. The summed E-state index contributed by atoms with van der Waals surface area (Å²) in [5.74, 6) is 0. The summed E-state index contributed by atoms with van der Waals surface area (Å²) in [6.45, 7) is 5.66. The van der Waals surface area contributed by atoms with Gasteiger partial charge in [-0.05, 0) is 36.8 Å². The van der Waals surface area contributed by atoms with Crippen LogP contribution in [-0.2, 0) is 26.9 Å². The molecule has 0 spiro atoms. The maximum Gasteiger partial charge on any atom is 2.00 e. The molecule has 0 aliphatic heterocycles. The van der Waals surface area contributed by atoms with Gasteiger partial charge in [-0.1, -0.05) is 17.7 Å². The quantitative estimate of drug-likeness (QED) is 0.491. The summed E-state index contributed by atoms with van der Waals surface area (Å²) in [5.41, 5.74) is 2.70. The average Bonchev–Trinajstić information content (AvgIpc) is 3.14. The van der Waals surface area contributed by atoms with Crippen molar-refractivity contribution < 1.29 is 25.5 Å². The van der Waals surface area contributed by atoms with Crippen molar-refractivity contribution in [1.82, 2.24) is 0 Å². The van der Waals surface area contributed by atoms with Gasteiger partial charge in [-0.15, -0.1) is 0 Å². The van der Waals surface area contributed by atoms with Gasteiger partial charge in [0.05, 0.1) is 4.90 Å². The van der Waals surface area contributed by atoms with Crippen LogP contribution < -0.4 is 0 Å². The van der Waals surface area contributed by atoms with Crippen molar-refractivity contribution in [3.05, 3.63) is 83.4 Å². The fourth-order valence-electron chi connectivity index (χ4n) is 2.56. The second-order valence-electron chi connectivity index (χ2n) is 5.31. The molecule has 2 nitrogen and oxygen atoms in total. The van der Waals surface area contributed by atoms with E-state index >= 15 is 0 Å². The Hall–Kier alpha value is -1.61. The van der Waals surface area contributed by atoms with E-state index in [0.29, 0.717) is 9.79 Å². The van der Waals surface area contributed by atoms with Gasteiger partial charge in [-0.3, -0.25) is 0 Å². The topological polar surface area (TPSA) is 34.1 Å². The number of hydrogen-bond donors (Lipinski definition) is 0. The molecular weight excluding hydrogens is 348 g/mol. The van der Waals surface area contributed by atoms with E-state index in [1.165, 1.54) is 0 Å². The van der Waals surface area contributed by atoms with Crippen LogP contribution >= 0.6 is 0 Å². The number of sulfone groups is 1. The normalized spacial score (nSPS) is 10.4. The third-order valence-electron chi connectivity index (χ3n) is 3.37. The van der Waals surface area contributed by atoms with Gasteiger partial charge < -0.3 is 0 Å². The molecular formula is C19H20FeO2S. The molecule has 4 heteroatoms. The summed E-state index contributed by atoms with van der Waals surface area (Å²) in [6, 6.07) is 20.6. The van der Waals surface area contributed by atoms with E-state index in [2.05, 4.69) is 0 Å². The fraction of sp³-hybridized carbons (Fsp3) is 0.158. The molecule has 122 valence electrons. The van der Waals surface area contributed by atoms with Crippen molar-refractivity contribution in [3.63, 3.8) is 0 Å². The van der Waals surface area contributed by atoms with Gasteiger partial charge in [0.25, 0.3) is 0 Å². The first-order valence-electron chi connectivity index (χ1n) is 7.14. The number of rotatable bonds is 2. The largest absolute Gasteiger partial charge is 2.00 e. The maximum atomic E-state index is 12.4. The molecule has 0 bridgehead atoms. The third kappa shape index (κ3) is 4.68. The minimum Gasteiger partial charge on any atom is -0.221 e. The molecule has 0 aromatic heterocycles. The standard InChI is InChI=1S/C14H15O2S.C5H5.Fe/c1-10-8-11(2)14(12(3)9-10)17(15,16)13-6-4-5-7-13;1-2-4-5-3-1;/h4-9H,1-3H3;1-5H;/q2*-1;+2. The number of aryl methyl sites for hydroxylation is 3. The van der Waals surface area contributed by atoms with Gasteiger partial charge in [0.15, 0.2) is 9.84 Å². The van der Waals surface area contributed by atoms with Gasteiger partial charge >= 0.3 is 17.1 Å². The zero-order chi connectivity index (χ0) is 16.2. The summed E-state index contributed by atoms with van der Waals surface area (Å²) in [6.07, 6.45) is 0. The Labute approximate surface area is 149 Å². The minimum absolute atomic E-state index is 0. The Morgan fingerprint density at radius 2 is 1.43 bits per heavy atom. The maximum absolute atomic E-state index is 12.4. The Morgan fingerprint density at radius 1 is 0.870 bits per heavy atom. The molecule has 0 saturated heterocycles. The molecule has 0 aliphatic rings. The Morgan fingerprint density at radius 3 is 1.83 bits per heavy atom. The van der Waals surface area contributed by atoms with Crippen molar-refractivity contribution in [1.29, 1.82) is 0 Å². The van der Waals surface area contributed by atoms with Crippen LogP contribution in [-0.4, -0.2) is 8.42 Å². The Balaban J connectivity index is 0.000000377. The van der Waals surface area contributed by atoms with E-state index < -0.39 is 9.84 Å². The molecule has 0 aliphatic carbocycles. The summed E-state index contributed by atoms with van der Waals surface area (Å²) in [5, 5.41) is 0. The minimum atomic E-state index is -3.37. The molecule has 0 atom stereocenters. The van der Waals surface area contributed by atoms with Crippen LogP contribution in [0.4, 0.5) is 0 Å². The second-order valence-corrected chi connectivity index (χ2v) is 7.20. The van der Waals surface area contributed by atoms with Crippen LogP contribution in [0.15, 0.2) is 76.5 Å². The monoisotopic (exact) mass is 368 g/mol. The smallest absolute Gasteiger partial charge is 0.221 e. The molecule has 3 aromatic carbocycles. The van der Waals surface area contributed by atoms with E-state index in [1.807, 2.05) is 63.2 Å². The van der Waals surface area contributed by atoms with Crippen molar-refractivity contribution in [3.8, 4) is 0 Å². The molecule has 0 amide bonds. The van der Waals surface area contributed by atoms with Crippen LogP contribution in [0.25, 0.3) is 0 Å². The Bertz CT molecular complexity index is 774. The zero-order valence-electron chi connectivity index (χ0n) is 13.4. The van der Waals surface area contributed by atoms with Crippen LogP contribution in [0.1, 0.15) is 16.7 Å². The van der Waals surface area contributed by atoms with Crippen LogP contribution in [0, 0.1) is 20.8 Å². The molecule has 23 heavy (non-hydrogen) atoms. The SMILES string of the molecule is Cc1cc(C)c(S(=O)(=O)c2ccc[cH-]2)c(C)c1.[Fe+2].c1cc[cH-]c1. The van der Waals surface area contributed by atoms with Gasteiger partial charge in [-0.25, -0.2) is 26.6 Å². The van der Waals surface area contributed by atoms with Gasteiger partial charge in [-0.2, -0.15) is 36.4 Å². The molecule has 0 heterocycles. The Kier molecular flexibility index (Phi) is 7.01. The van der Waals surface area contributed by atoms with Gasteiger partial charge in [0.1, 0.15) is 0 Å². The third-order valence-corrected chi connectivity index (χ3v) is 5.45. The summed E-state index contributed by atoms with van der Waals surface area (Å²) in [4.78, 5) is 0.807. The van der Waals surface area contributed by atoms with Gasteiger partial charge in [0, 0.05) is 0 Å². The number of hydrogen-bond acceptors (Lipinski definition) is 2. The van der Waals surface area contributed by atoms with Crippen molar-refractivity contribution in [2.45, 2.75) is 30.6 Å². The fourth-order valence-corrected chi connectivity index (χ4v) is 4.28. The molecule has 0 fully saturated rings. The second kappa shape index (κ2) is 8.30. The first-order valence-corrected chi connectivity index (χ1v) is 8.62. The van der Waals surface area contributed by atoms with Crippen LogP contribution in [0.5, 0.6) is 0 Å². The number of benzene rings is 1. The van der Waals surface area contributed by atoms with Gasteiger partial charge in [0.2, 0.25) is 0 Å². The summed E-state index contributed by atoms with van der Waals surface area (Å²) < 4.78 is 24.9. The van der Waals surface area contributed by atoms with E-state index in [4.69, 9.17) is 0 Å². The van der Waals surface area contributed by atoms with Crippen molar-refractivity contribution in [2.24, 2.45) is 0 Å². The molecule has 0 unspecified atom stereocenters.